The molecule has 5 nitrogen and oxygen atoms in total. The van der Waals surface area contributed by atoms with Crippen LogP contribution in [-0.4, -0.2) is 35.1 Å². The van der Waals surface area contributed by atoms with E-state index in [1.54, 1.807) is 27.8 Å². The third kappa shape index (κ3) is 5.38. The highest BCUT2D eigenvalue weighted by molar-refractivity contribution is 9.10. The molecular formula is C15H21BrN2O3. The minimum absolute atomic E-state index is 0.405. The summed E-state index contributed by atoms with van der Waals surface area (Å²) in [5, 5.41) is 11.8. The van der Waals surface area contributed by atoms with Crippen LogP contribution < -0.4 is 5.32 Å². The summed E-state index contributed by atoms with van der Waals surface area (Å²) < 4.78 is 0.937. The van der Waals surface area contributed by atoms with E-state index in [1.807, 2.05) is 24.3 Å². The van der Waals surface area contributed by atoms with Crippen LogP contribution in [0.2, 0.25) is 0 Å². The molecule has 0 spiro atoms. The van der Waals surface area contributed by atoms with E-state index < -0.39 is 23.5 Å². The van der Waals surface area contributed by atoms with Gasteiger partial charge in [0, 0.05) is 18.1 Å². The maximum absolute atomic E-state index is 12.1. The van der Waals surface area contributed by atoms with Crippen molar-refractivity contribution < 1.29 is 14.7 Å². The number of carbonyl (C=O) groups excluding carboxylic acids is 1. The topological polar surface area (TPSA) is 69.6 Å². The van der Waals surface area contributed by atoms with Crippen LogP contribution >= 0.6 is 15.9 Å². The van der Waals surface area contributed by atoms with Crippen molar-refractivity contribution in [1.29, 1.82) is 0 Å². The average molecular weight is 357 g/mol. The smallest absolute Gasteiger partial charge is 0.326 e. The second-order valence-corrected chi connectivity index (χ2v) is 6.99. The molecule has 1 aromatic rings. The summed E-state index contributed by atoms with van der Waals surface area (Å²) in [5.41, 5.74) is 0.405. The minimum Gasteiger partial charge on any atom is -0.480 e. The fourth-order valence-corrected chi connectivity index (χ4v) is 2.31. The van der Waals surface area contributed by atoms with E-state index >= 15 is 0 Å². The van der Waals surface area contributed by atoms with Gasteiger partial charge in [-0.15, -0.1) is 0 Å². The summed E-state index contributed by atoms with van der Waals surface area (Å²) in [6.45, 7) is 5.74. The van der Waals surface area contributed by atoms with Gasteiger partial charge in [-0.1, -0.05) is 48.8 Å². The SMILES string of the molecule is CN(Cc1cccc(Br)c1)C(=O)N[C@H](C(=O)O)C(C)(C)C. The Morgan fingerprint density at radius 1 is 1.38 bits per heavy atom. The number of halogens is 1. The number of amides is 2. The molecule has 0 bridgehead atoms. The molecular weight excluding hydrogens is 336 g/mol. The first-order valence-electron chi connectivity index (χ1n) is 6.60. The van der Waals surface area contributed by atoms with Gasteiger partial charge in [0.2, 0.25) is 0 Å². The number of carboxylic acid groups (broad SMARTS) is 1. The Kier molecular flexibility index (Phi) is 5.78. The third-order valence-electron chi connectivity index (χ3n) is 3.04. The summed E-state index contributed by atoms with van der Waals surface area (Å²) >= 11 is 3.38. The van der Waals surface area contributed by atoms with Crippen LogP contribution in [0, 0.1) is 5.41 Å². The summed E-state index contributed by atoms with van der Waals surface area (Å²) in [6, 6.07) is 6.28. The molecule has 2 N–H and O–H groups in total. The maximum atomic E-state index is 12.1. The molecule has 0 aliphatic carbocycles. The molecule has 0 saturated carbocycles. The van der Waals surface area contributed by atoms with Crippen LogP contribution in [0.3, 0.4) is 0 Å². The highest BCUT2D eigenvalue weighted by atomic mass is 79.9. The van der Waals surface area contributed by atoms with Crippen molar-refractivity contribution in [3.05, 3.63) is 34.3 Å². The fourth-order valence-electron chi connectivity index (χ4n) is 1.86. The largest absolute Gasteiger partial charge is 0.480 e. The Hall–Kier alpha value is -1.56. The molecule has 1 aromatic carbocycles. The Morgan fingerprint density at radius 2 is 2.00 bits per heavy atom. The van der Waals surface area contributed by atoms with Crippen LogP contribution in [0.1, 0.15) is 26.3 Å². The fraction of sp³-hybridized carbons (Fsp3) is 0.467. The number of rotatable bonds is 4. The molecule has 6 heteroatoms. The quantitative estimate of drug-likeness (QED) is 0.870. The summed E-state index contributed by atoms with van der Waals surface area (Å²) in [6.07, 6.45) is 0. The molecule has 21 heavy (non-hydrogen) atoms. The van der Waals surface area contributed by atoms with Crippen LogP contribution in [-0.2, 0) is 11.3 Å². The number of hydrogen-bond donors (Lipinski definition) is 2. The molecule has 1 rings (SSSR count). The molecule has 0 fully saturated rings. The first kappa shape index (κ1) is 17.5. The van der Waals surface area contributed by atoms with Crippen molar-refractivity contribution in [2.75, 3.05) is 7.05 Å². The summed E-state index contributed by atoms with van der Waals surface area (Å²) in [4.78, 5) is 24.9. The zero-order chi connectivity index (χ0) is 16.2. The normalized spacial score (nSPS) is 12.6. The van der Waals surface area contributed by atoms with E-state index in [9.17, 15) is 14.7 Å². The molecule has 0 aliphatic heterocycles. The Bertz CT molecular complexity index is 526. The van der Waals surface area contributed by atoms with Crippen LogP contribution in [0.15, 0.2) is 28.7 Å². The van der Waals surface area contributed by atoms with Crippen molar-refractivity contribution in [1.82, 2.24) is 10.2 Å². The van der Waals surface area contributed by atoms with Gasteiger partial charge in [-0.3, -0.25) is 0 Å². The van der Waals surface area contributed by atoms with Gasteiger partial charge in [-0.2, -0.15) is 0 Å². The van der Waals surface area contributed by atoms with Gasteiger partial charge in [0.15, 0.2) is 0 Å². The lowest BCUT2D eigenvalue weighted by atomic mass is 9.87. The lowest BCUT2D eigenvalue weighted by Crippen LogP contribution is -2.52. The first-order valence-corrected chi connectivity index (χ1v) is 7.39. The number of carboxylic acids is 1. The van der Waals surface area contributed by atoms with Crippen molar-refractivity contribution in [3.63, 3.8) is 0 Å². The highest BCUT2D eigenvalue weighted by Gasteiger charge is 2.33. The number of carbonyl (C=O) groups is 2. The standard InChI is InChI=1S/C15H21BrN2O3/c1-15(2,3)12(13(19)20)17-14(21)18(4)9-10-6-5-7-11(16)8-10/h5-8,12H,9H2,1-4H3,(H,17,21)(H,19,20)/t12-/m1/s1. The first-order chi connectivity index (χ1) is 9.61. The molecule has 0 aliphatic rings. The zero-order valence-corrected chi connectivity index (χ0v) is 14.3. The van der Waals surface area contributed by atoms with Crippen molar-refractivity contribution in [3.8, 4) is 0 Å². The van der Waals surface area contributed by atoms with Gasteiger partial charge in [0.25, 0.3) is 0 Å². The Labute approximate surface area is 133 Å². The minimum atomic E-state index is -1.04. The van der Waals surface area contributed by atoms with Crippen LogP contribution in [0.5, 0.6) is 0 Å². The maximum Gasteiger partial charge on any atom is 0.326 e. The van der Waals surface area contributed by atoms with E-state index in [-0.39, 0.29) is 0 Å². The van der Waals surface area contributed by atoms with Crippen LogP contribution in [0.25, 0.3) is 0 Å². The predicted octanol–water partition coefficient (Wildman–Crippen LogP) is 3.09. The van der Waals surface area contributed by atoms with Crippen LogP contribution in [0.4, 0.5) is 4.79 Å². The molecule has 2 amide bonds. The average Bonchev–Trinajstić information content (AvgIpc) is 2.33. The number of nitrogens with zero attached hydrogens (tertiary/aromatic N) is 1. The lowest BCUT2D eigenvalue weighted by molar-refractivity contribution is -0.142. The van der Waals surface area contributed by atoms with E-state index in [0.717, 1.165) is 10.0 Å². The number of urea groups is 1. The molecule has 0 heterocycles. The number of nitrogens with one attached hydrogen (secondary N) is 1. The zero-order valence-electron chi connectivity index (χ0n) is 12.7. The predicted molar refractivity (Wildman–Crippen MR) is 85.0 cm³/mol. The number of aliphatic carboxylic acids is 1. The molecule has 1 atom stereocenters. The monoisotopic (exact) mass is 356 g/mol. The Balaban J connectivity index is 2.72. The molecule has 0 aromatic heterocycles. The molecule has 0 unspecified atom stereocenters. The third-order valence-corrected chi connectivity index (χ3v) is 3.53. The second kappa shape index (κ2) is 6.93. The van der Waals surface area contributed by atoms with Gasteiger partial charge in [0.05, 0.1) is 0 Å². The second-order valence-electron chi connectivity index (χ2n) is 6.07. The number of hydrogen-bond acceptors (Lipinski definition) is 2. The van der Waals surface area contributed by atoms with E-state index in [0.29, 0.717) is 6.54 Å². The van der Waals surface area contributed by atoms with Crippen molar-refractivity contribution in [2.24, 2.45) is 5.41 Å². The molecule has 0 saturated heterocycles. The van der Waals surface area contributed by atoms with Gasteiger partial charge in [-0.25, -0.2) is 9.59 Å². The van der Waals surface area contributed by atoms with Crippen molar-refractivity contribution in [2.45, 2.75) is 33.4 Å². The van der Waals surface area contributed by atoms with Crippen molar-refractivity contribution >= 4 is 27.9 Å². The van der Waals surface area contributed by atoms with Gasteiger partial charge >= 0.3 is 12.0 Å². The van der Waals surface area contributed by atoms with Gasteiger partial charge in [-0.05, 0) is 23.1 Å². The molecule has 0 radical (unpaired) electrons. The Morgan fingerprint density at radius 3 is 2.48 bits per heavy atom. The van der Waals surface area contributed by atoms with Gasteiger partial charge < -0.3 is 15.3 Å². The highest BCUT2D eigenvalue weighted by Crippen LogP contribution is 2.20. The number of benzene rings is 1. The van der Waals surface area contributed by atoms with E-state index in [1.165, 1.54) is 4.90 Å². The summed E-state index contributed by atoms with van der Waals surface area (Å²) in [7, 11) is 1.64. The molecule has 116 valence electrons. The van der Waals surface area contributed by atoms with Gasteiger partial charge in [0.1, 0.15) is 6.04 Å². The lowest BCUT2D eigenvalue weighted by Gasteiger charge is -2.29. The van der Waals surface area contributed by atoms with E-state index in [2.05, 4.69) is 21.2 Å². The van der Waals surface area contributed by atoms with E-state index in [4.69, 9.17) is 0 Å². The summed E-state index contributed by atoms with van der Waals surface area (Å²) in [5.74, 6) is -1.04.